The standard InChI is InChI=1S/C8H11N3/c1-5-3-11-8(4-10-5)6-2-7(6)9/h3-4,6-7H,2,9H2,1H3. The lowest BCUT2D eigenvalue weighted by Gasteiger charge is -1.95. The van der Waals surface area contributed by atoms with E-state index in [0.717, 1.165) is 17.8 Å². The second-order valence-electron chi connectivity index (χ2n) is 3.09. The van der Waals surface area contributed by atoms with Crippen molar-refractivity contribution >= 4 is 0 Å². The van der Waals surface area contributed by atoms with E-state index >= 15 is 0 Å². The first kappa shape index (κ1) is 6.73. The third-order valence-corrected chi connectivity index (χ3v) is 2.02. The maximum absolute atomic E-state index is 5.67. The number of aromatic nitrogens is 2. The van der Waals surface area contributed by atoms with Crippen molar-refractivity contribution in [2.75, 3.05) is 0 Å². The number of nitrogens with two attached hydrogens (primary N) is 1. The van der Waals surface area contributed by atoms with Gasteiger partial charge in [0.05, 0.1) is 11.4 Å². The van der Waals surface area contributed by atoms with E-state index in [4.69, 9.17) is 5.73 Å². The van der Waals surface area contributed by atoms with Crippen molar-refractivity contribution in [2.24, 2.45) is 5.73 Å². The fourth-order valence-electron chi connectivity index (χ4n) is 1.15. The molecular formula is C8H11N3. The number of rotatable bonds is 1. The Bertz CT molecular complexity index is 255. The van der Waals surface area contributed by atoms with E-state index in [0.29, 0.717) is 12.0 Å². The van der Waals surface area contributed by atoms with Crippen LogP contribution in [0.15, 0.2) is 12.4 Å². The predicted octanol–water partition coefficient (Wildman–Crippen LogP) is 0.600. The Morgan fingerprint density at radius 3 is 2.64 bits per heavy atom. The molecule has 1 heterocycles. The number of hydrogen-bond donors (Lipinski definition) is 1. The summed E-state index contributed by atoms with van der Waals surface area (Å²) < 4.78 is 0. The van der Waals surface area contributed by atoms with Crippen molar-refractivity contribution in [2.45, 2.75) is 25.3 Å². The summed E-state index contributed by atoms with van der Waals surface area (Å²) in [7, 11) is 0. The molecule has 1 aliphatic rings. The van der Waals surface area contributed by atoms with Gasteiger partial charge in [0.2, 0.25) is 0 Å². The molecule has 58 valence electrons. The fraction of sp³-hybridized carbons (Fsp3) is 0.500. The van der Waals surface area contributed by atoms with Crippen LogP contribution in [-0.4, -0.2) is 16.0 Å². The summed E-state index contributed by atoms with van der Waals surface area (Å²) in [5.41, 5.74) is 7.67. The van der Waals surface area contributed by atoms with Crippen LogP contribution < -0.4 is 5.73 Å². The minimum absolute atomic E-state index is 0.326. The smallest absolute Gasteiger partial charge is 0.0633 e. The molecule has 3 heteroatoms. The molecule has 0 aromatic carbocycles. The van der Waals surface area contributed by atoms with E-state index in [1.165, 1.54) is 0 Å². The molecule has 3 nitrogen and oxygen atoms in total. The van der Waals surface area contributed by atoms with Crippen molar-refractivity contribution in [1.82, 2.24) is 9.97 Å². The fourth-order valence-corrected chi connectivity index (χ4v) is 1.15. The first-order valence-electron chi connectivity index (χ1n) is 3.81. The minimum Gasteiger partial charge on any atom is -0.327 e. The molecule has 0 spiro atoms. The van der Waals surface area contributed by atoms with E-state index in [1.807, 2.05) is 13.1 Å². The topological polar surface area (TPSA) is 51.8 Å². The Morgan fingerprint density at radius 2 is 2.18 bits per heavy atom. The van der Waals surface area contributed by atoms with Crippen molar-refractivity contribution < 1.29 is 0 Å². The largest absolute Gasteiger partial charge is 0.327 e. The zero-order chi connectivity index (χ0) is 7.84. The van der Waals surface area contributed by atoms with Crippen molar-refractivity contribution in [3.63, 3.8) is 0 Å². The molecule has 0 amide bonds. The van der Waals surface area contributed by atoms with E-state index in [-0.39, 0.29) is 0 Å². The van der Waals surface area contributed by atoms with Gasteiger partial charge < -0.3 is 5.73 Å². The average Bonchev–Trinajstić information content (AvgIpc) is 2.69. The van der Waals surface area contributed by atoms with Gasteiger partial charge in [0.15, 0.2) is 0 Å². The van der Waals surface area contributed by atoms with E-state index in [2.05, 4.69) is 9.97 Å². The molecule has 11 heavy (non-hydrogen) atoms. The highest BCUT2D eigenvalue weighted by Crippen LogP contribution is 2.37. The number of hydrogen-bond acceptors (Lipinski definition) is 3. The van der Waals surface area contributed by atoms with Crippen LogP contribution in [0.4, 0.5) is 0 Å². The molecule has 2 N–H and O–H groups in total. The second-order valence-corrected chi connectivity index (χ2v) is 3.09. The lowest BCUT2D eigenvalue weighted by Crippen LogP contribution is -2.02. The molecule has 0 bridgehead atoms. The minimum atomic E-state index is 0.326. The summed E-state index contributed by atoms with van der Waals surface area (Å²) in [4.78, 5) is 8.40. The Labute approximate surface area is 65.7 Å². The summed E-state index contributed by atoms with van der Waals surface area (Å²) in [6.07, 6.45) is 4.69. The first-order valence-corrected chi connectivity index (χ1v) is 3.81. The van der Waals surface area contributed by atoms with Crippen LogP contribution in [0, 0.1) is 6.92 Å². The Kier molecular flexibility index (Phi) is 1.39. The number of aryl methyl sites for hydroxylation is 1. The molecule has 1 aliphatic carbocycles. The summed E-state index contributed by atoms with van der Waals surface area (Å²) in [6.45, 7) is 1.93. The van der Waals surface area contributed by atoms with Gasteiger partial charge in [-0.3, -0.25) is 9.97 Å². The van der Waals surface area contributed by atoms with Crippen LogP contribution in [0.2, 0.25) is 0 Å². The highest BCUT2D eigenvalue weighted by atomic mass is 14.8. The Balaban J connectivity index is 2.21. The molecule has 2 atom stereocenters. The quantitative estimate of drug-likeness (QED) is 0.636. The van der Waals surface area contributed by atoms with Crippen LogP contribution in [0.1, 0.15) is 23.7 Å². The van der Waals surface area contributed by atoms with Gasteiger partial charge in [-0.05, 0) is 13.3 Å². The molecule has 2 unspecified atom stereocenters. The molecule has 0 saturated heterocycles. The van der Waals surface area contributed by atoms with Crippen LogP contribution in [-0.2, 0) is 0 Å². The lowest BCUT2D eigenvalue weighted by atomic mass is 10.3. The van der Waals surface area contributed by atoms with Crippen LogP contribution in [0.3, 0.4) is 0 Å². The van der Waals surface area contributed by atoms with Gasteiger partial charge in [0.1, 0.15) is 0 Å². The zero-order valence-corrected chi connectivity index (χ0v) is 6.49. The molecule has 1 saturated carbocycles. The summed E-state index contributed by atoms with van der Waals surface area (Å²) >= 11 is 0. The van der Waals surface area contributed by atoms with Crippen LogP contribution in [0.5, 0.6) is 0 Å². The second kappa shape index (κ2) is 2.27. The van der Waals surface area contributed by atoms with Gasteiger partial charge in [-0.15, -0.1) is 0 Å². The molecular weight excluding hydrogens is 138 g/mol. The van der Waals surface area contributed by atoms with Gasteiger partial charge in [0.25, 0.3) is 0 Å². The number of nitrogens with zero attached hydrogens (tertiary/aromatic N) is 2. The van der Waals surface area contributed by atoms with Gasteiger partial charge in [0, 0.05) is 24.4 Å². The third-order valence-electron chi connectivity index (χ3n) is 2.02. The van der Waals surface area contributed by atoms with Gasteiger partial charge in [-0.25, -0.2) is 0 Å². The Morgan fingerprint density at radius 1 is 1.45 bits per heavy atom. The van der Waals surface area contributed by atoms with Crippen molar-refractivity contribution in [3.05, 3.63) is 23.8 Å². The van der Waals surface area contributed by atoms with Gasteiger partial charge >= 0.3 is 0 Å². The molecule has 1 aromatic heterocycles. The highest BCUT2D eigenvalue weighted by Gasteiger charge is 2.36. The molecule has 0 aliphatic heterocycles. The summed E-state index contributed by atoms with van der Waals surface area (Å²) in [5.74, 6) is 0.475. The zero-order valence-electron chi connectivity index (χ0n) is 6.49. The van der Waals surface area contributed by atoms with Gasteiger partial charge in [-0.1, -0.05) is 0 Å². The maximum atomic E-state index is 5.67. The van der Waals surface area contributed by atoms with E-state index in [9.17, 15) is 0 Å². The molecule has 2 rings (SSSR count). The van der Waals surface area contributed by atoms with E-state index < -0.39 is 0 Å². The lowest BCUT2D eigenvalue weighted by molar-refractivity contribution is 0.917. The van der Waals surface area contributed by atoms with Crippen LogP contribution >= 0.6 is 0 Å². The summed E-state index contributed by atoms with van der Waals surface area (Å²) in [6, 6.07) is 0.326. The van der Waals surface area contributed by atoms with Crippen LogP contribution in [0.25, 0.3) is 0 Å². The van der Waals surface area contributed by atoms with Crippen molar-refractivity contribution in [1.29, 1.82) is 0 Å². The van der Waals surface area contributed by atoms with Crippen molar-refractivity contribution in [3.8, 4) is 0 Å². The average molecular weight is 149 g/mol. The molecule has 1 aromatic rings. The maximum Gasteiger partial charge on any atom is 0.0633 e. The monoisotopic (exact) mass is 149 g/mol. The van der Waals surface area contributed by atoms with Gasteiger partial charge in [-0.2, -0.15) is 0 Å². The predicted molar refractivity (Wildman–Crippen MR) is 42.1 cm³/mol. The normalized spacial score (nSPS) is 28.5. The SMILES string of the molecule is Cc1cnc(C2CC2N)cn1. The first-order chi connectivity index (χ1) is 5.27. The summed E-state index contributed by atoms with van der Waals surface area (Å²) in [5, 5.41) is 0. The molecule has 0 radical (unpaired) electrons. The van der Waals surface area contributed by atoms with E-state index in [1.54, 1.807) is 6.20 Å². The molecule has 1 fully saturated rings. The Hall–Kier alpha value is -0.960. The highest BCUT2D eigenvalue weighted by molar-refractivity contribution is 5.17. The third kappa shape index (κ3) is 1.24.